The third-order valence-electron chi connectivity index (χ3n) is 6.27. The summed E-state index contributed by atoms with van der Waals surface area (Å²) in [6, 6.07) is 11.9. The third kappa shape index (κ3) is 4.58. The number of esters is 1. The lowest BCUT2D eigenvalue weighted by atomic mass is 9.94. The van der Waals surface area contributed by atoms with Gasteiger partial charge in [-0.15, -0.1) is 0 Å². The van der Waals surface area contributed by atoms with Gasteiger partial charge in [0.1, 0.15) is 0 Å². The average Bonchev–Trinajstić information content (AvgIpc) is 3.21. The zero-order valence-corrected chi connectivity index (χ0v) is 19.5. The molecule has 9 nitrogen and oxygen atoms in total. The van der Waals surface area contributed by atoms with Crippen LogP contribution in [0.4, 0.5) is 5.69 Å². The maximum absolute atomic E-state index is 12.8. The van der Waals surface area contributed by atoms with Gasteiger partial charge in [-0.05, 0) is 37.5 Å². The van der Waals surface area contributed by atoms with Gasteiger partial charge in [-0.2, -0.15) is 5.10 Å². The van der Waals surface area contributed by atoms with Crippen molar-refractivity contribution in [3.05, 3.63) is 58.5 Å². The molecule has 3 aromatic rings. The second-order valence-corrected chi connectivity index (χ2v) is 8.88. The summed E-state index contributed by atoms with van der Waals surface area (Å²) in [4.78, 5) is 37.9. The minimum Gasteiger partial charge on any atom is -0.451 e. The molecule has 1 spiro atoms. The molecule has 1 aliphatic carbocycles. The average molecular weight is 478 g/mol. The Morgan fingerprint density at radius 1 is 1.06 bits per heavy atom. The van der Waals surface area contributed by atoms with E-state index in [-0.39, 0.29) is 11.3 Å². The van der Waals surface area contributed by atoms with Crippen LogP contribution in [0.15, 0.2) is 47.3 Å². The second-order valence-electron chi connectivity index (χ2n) is 8.88. The Balaban J connectivity index is 1.25. The quantitative estimate of drug-likeness (QED) is 0.534. The highest BCUT2D eigenvalue weighted by atomic mass is 16.7. The number of ether oxygens (including phenoxy) is 3. The number of rotatable bonds is 6. The van der Waals surface area contributed by atoms with Crippen LogP contribution < -0.4 is 20.3 Å². The van der Waals surface area contributed by atoms with Gasteiger partial charge in [0.25, 0.3) is 17.3 Å². The molecule has 35 heavy (non-hydrogen) atoms. The van der Waals surface area contributed by atoms with Gasteiger partial charge in [0, 0.05) is 36.5 Å². The Morgan fingerprint density at radius 2 is 1.80 bits per heavy atom. The monoisotopic (exact) mass is 477 g/mol. The van der Waals surface area contributed by atoms with Crippen LogP contribution in [0, 0.1) is 0 Å². The lowest BCUT2D eigenvalue weighted by Gasteiger charge is -2.31. The maximum Gasteiger partial charge on any atom is 0.359 e. The first-order chi connectivity index (χ1) is 17.0. The van der Waals surface area contributed by atoms with Crippen LogP contribution in [-0.4, -0.2) is 34.1 Å². The van der Waals surface area contributed by atoms with E-state index in [0.29, 0.717) is 40.9 Å². The van der Waals surface area contributed by atoms with Gasteiger partial charge in [-0.25, -0.2) is 9.48 Å². The molecule has 1 saturated carbocycles. The molecule has 2 aromatic carbocycles. The fourth-order valence-electron chi connectivity index (χ4n) is 4.61. The van der Waals surface area contributed by atoms with Gasteiger partial charge in [-0.3, -0.25) is 9.59 Å². The van der Waals surface area contributed by atoms with Gasteiger partial charge >= 0.3 is 5.97 Å². The third-order valence-corrected chi connectivity index (χ3v) is 6.27. The van der Waals surface area contributed by atoms with Gasteiger partial charge < -0.3 is 19.5 Å². The van der Waals surface area contributed by atoms with Crippen molar-refractivity contribution >= 4 is 28.3 Å². The molecular weight excluding hydrogens is 450 g/mol. The van der Waals surface area contributed by atoms with E-state index in [1.165, 1.54) is 11.1 Å². The first-order valence-electron chi connectivity index (χ1n) is 12.0. The molecule has 0 saturated heterocycles. The first-order valence-corrected chi connectivity index (χ1v) is 12.0. The van der Waals surface area contributed by atoms with Crippen molar-refractivity contribution in [3.8, 4) is 11.5 Å². The van der Waals surface area contributed by atoms with Crippen molar-refractivity contribution in [2.24, 2.45) is 0 Å². The number of nitrogens with one attached hydrogen (secondary N) is 1. The highest BCUT2D eigenvalue weighted by Crippen LogP contribution is 2.46. The highest BCUT2D eigenvalue weighted by Gasteiger charge is 2.42. The molecule has 0 radical (unpaired) electrons. The summed E-state index contributed by atoms with van der Waals surface area (Å²) in [6.07, 6.45) is 5.65. The number of fused-ring (bicyclic) bond motifs is 2. The fraction of sp³-hybridized carbons (Fsp3) is 0.385. The molecule has 2 heterocycles. The number of hydrogen-bond acceptors (Lipinski definition) is 7. The molecule has 1 amide bonds. The molecule has 5 rings (SSSR count). The topological polar surface area (TPSA) is 109 Å². The van der Waals surface area contributed by atoms with Gasteiger partial charge in [0.05, 0.1) is 5.39 Å². The minimum absolute atomic E-state index is 0.00214. The Labute approximate surface area is 202 Å². The largest absolute Gasteiger partial charge is 0.451 e. The van der Waals surface area contributed by atoms with Crippen LogP contribution in [0.5, 0.6) is 11.5 Å². The molecule has 1 aromatic heterocycles. The minimum atomic E-state index is -0.772. The second kappa shape index (κ2) is 9.40. The Kier molecular flexibility index (Phi) is 6.15. The van der Waals surface area contributed by atoms with Gasteiger partial charge in [0.15, 0.2) is 23.8 Å². The van der Waals surface area contributed by atoms with Crippen molar-refractivity contribution in [2.75, 3.05) is 11.9 Å². The number of carbonyl (C=O) groups excluding carboxylic acids is 2. The van der Waals surface area contributed by atoms with E-state index in [0.717, 1.165) is 25.7 Å². The van der Waals surface area contributed by atoms with Crippen molar-refractivity contribution in [2.45, 2.75) is 57.8 Å². The van der Waals surface area contributed by atoms with Crippen molar-refractivity contribution in [1.29, 1.82) is 0 Å². The number of nitrogens with zero attached hydrogens (tertiary/aromatic N) is 2. The number of hydrogen-bond donors (Lipinski definition) is 1. The standard InChI is InChI=1S/C26H27N3O6/c1-2-14-29-24(31)19-9-5-4-8-18(19)23(28-29)25(32)33-16-22(30)27-17-10-11-20-21(15-17)35-26(34-20)12-6-3-7-13-26/h4-5,8-11,15H,2-3,6-7,12-14,16H2,1H3,(H,27,30). The lowest BCUT2D eigenvalue weighted by Crippen LogP contribution is -2.40. The first kappa shape index (κ1) is 22.9. The molecule has 1 fully saturated rings. The molecule has 1 aliphatic heterocycles. The SMILES string of the molecule is CCCn1nc(C(=O)OCC(=O)Nc2ccc3c(c2)OC2(CCCCC2)O3)c2ccccc2c1=O. The van der Waals surface area contributed by atoms with E-state index in [1.54, 1.807) is 42.5 Å². The Bertz CT molecular complexity index is 1340. The molecule has 182 valence electrons. The van der Waals surface area contributed by atoms with E-state index in [4.69, 9.17) is 14.2 Å². The Hall–Kier alpha value is -3.88. The maximum atomic E-state index is 12.8. The predicted octanol–water partition coefficient (Wildman–Crippen LogP) is 4.03. The summed E-state index contributed by atoms with van der Waals surface area (Å²) in [5, 5.41) is 7.69. The summed E-state index contributed by atoms with van der Waals surface area (Å²) in [6.45, 7) is 1.78. The van der Waals surface area contributed by atoms with Crippen molar-refractivity contribution in [3.63, 3.8) is 0 Å². The molecule has 1 N–H and O–H groups in total. The molecule has 9 heteroatoms. The summed E-state index contributed by atoms with van der Waals surface area (Å²) >= 11 is 0. The van der Waals surface area contributed by atoms with E-state index >= 15 is 0 Å². The van der Waals surface area contributed by atoms with Crippen molar-refractivity contribution in [1.82, 2.24) is 9.78 Å². The summed E-state index contributed by atoms with van der Waals surface area (Å²) in [5.41, 5.74) is 0.248. The number of amides is 1. The molecule has 0 bridgehead atoms. The van der Waals surface area contributed by atoms with Gasteiger partial charge in [-0.1, -0.05) is 31.5 Å². The van der Waals surface area contributed by atoms with E-state index in [1.807, 2.05) is 6.92 Å². The summed E-state index contributed by atoms with van der Waals surface area (Å²) < 4.78 is 18.7. The number of benzene rings is 2. The lowest BCUT2D eigenvalue weighted by molar-refractivity contribution is -0.119. The predicted molar refractivity (Wildman–Crippen MR) is 129 cm³/mol. The highest BCUT2D eigenvalue weighted by molar-refractivity contribution is 6.03. The van der Waals surface area contributed by atoms with Gasteiger partial charge in [0.2, 0.25) is 0 Å². The molecule has 0 unspecified atom stereocenters. The number of anilines is 1. The van der Waals surface area contributed by atoms with Crippen LogP contribution in [0.1, 0.15) is 55.9 Å². The van der Waals surface area contributed by atoms with E-state index in [2.05, 4.69) is 10.4 Å². The summed E-state index contributed by atoms with van der Waals surface area (Å²) in [5.74, 6) is -0.614. The zero-order chi connectivity index (χ0) is 24.4. The van der Waals surface area contributed by atoms with E-state index < -0.39 is 24.3 Å². The number of aryl methyl sites for hydroxylation is 1. The van der Waals surface area contributed by atoms with Crippen LogP contribution >= 0.6 is 0 Å². The van der Waals surface area contributed by atoms with Crippen molar-refractivity contribution < 1.29 is 23.8 Å². The van der Waals surface area contributed by atoms with Crippen LogP contribution in [0.25, 0.3) is 10.8 Å². The van der Waals surface area contributed by atoms with Crippen LogP contribution in [0.3, 0.4) is 0 Å². The Morgan fingerprint density at radius 3 is 2.57 bits per heavy atom. The fourth-order valence-corrected chi connectivity index (χ4v) is 4.61. The van der Waals surface area contributed by atoms with Crippen LogP contribution in [0.2, 0.25) is 0 Å². The molecule has 2 aliphatic rings. The number of carbonyl (C=O) groups is 2. The molecular formula is C26H27N3O6. The summed E-state index contributed by atoms with van der Waals surface area (Å²) in [7, 11) is 0. The normalized spacial score (nSPS) is 15.8. The smallest absolute Gasteiger partial charge is 0.359 e. The van der Waals surface area contributed by atoms with Crippen LogP contribution in [-0.2, 0) is 16.1 Å². The van der Waals surface area contributed by atoms with E-state index in [9.17, 15) is 14.4 Å². The number of aromatic nitrogens is 2. The zero-order valence-electron chi connectivity index (χ0n) is 19.5. The molecule has 0 atom stereocenters.